The van der Waals surface area contributed by atoms with Gasteiger partial charge in [-0.25, -0.2) is 19.5 Å². The third-order valence-corrected chi connectivity index (χ3v) is 15.4. The number of aromatic amines is 1. The van der Waals surface area contributed by atoms with Crippen molar-refractivity contribution in [3.63, 3.8) is 0 Å². The molecule has 1 N–H and O–H groups in total. The number of halogens is 1. The summed E-state index contributed by atoms with van der Waals surface area (Å²) in [7, 11) is 0. The van der Waals surface area contributed by atoms with Gasteiger partial charge in [-0.1, -0.05) is 36.4 Å². The van der Waals surface area contributed by atoms with Crippen molar-refractivity contribution < 1.29 is 28.3 Å². The highest BCUT2D eigenvalue weighted by atomic mass is 19.1. The van der Waals surface area contributed by atoms with Crippen molar-refractivity contribution in [3.8, 4) is 0 Å². The Morgan fingerprint density at radius 3 is 2.29 bits per heavy atom. The average Bonchev–Trinajstić information content (AvgIpc) is 3.84. The Hall–Kier alpha value is -6.47. The average molecular weight is 982 g/mol. The van der Waals surface area contributed by atoms with Gasteiger partial charge in [-0.05, 0) is 86.1 Å². The molecule has 1 atom stereocenters. The molecular weight excluding hydrogens is 918 g/mol. The molecule has 17 nitrogen and oxygen atoms in total. The smallest absolute Gasteiger partial charge is 0.272 e. The van der Waals surface area contributed by atoms with E-state index in [9.17, 15) is 24.0 Å². The van der Waals surface area contributed by atoms with Gasteiger partial charge in [0.05, 0.1) is 35.5 Å². The SMILES string of the molecule is O=C(COCCN1CCC(CN2CCN(C(=O)c3cccc([C@H]4CCCN(C(=O)CN5Cc6cncnc6C5)C4)c3)CC2)CC1)N1CCN(C(=O)c2cc(Cc3n[nH]c(=O)c4ccccc34)ccc2F)CC1. The molecule has 5 aliphatic rings. The molecule has 5 aromatic rings. The van der Waals surface area contributed by atoms with Gasteiger partial charge in [0.1, 0.15) is 18.8 Å². The van der Waals surface area contributed by atoms with Gasteiger partial charge in [0.15, 0.2) is 0 Å². The number of amides is 4. The van der Waals surface area contributed by atoms with E-state index >= 15 is 4.39 Å². The first kappa shape index (κ1) is 49.1. The molecule has 0 bridgehead atoms. The number of piperidine rings is 2. The summed E-state index contributed by atoms with van der Waals surface area (Å²) in [5.41, 5.74) is 4.94. The van der Waals surface area contributed by atoms with E-state index in [2.05, 4.69) is 47.0 Å². The van der Waals surface area contributed by atoms with Crippen LogP contribution in [0, 0.1) is 11.7 Å². The topological polar surface area (TPSA) is 172 Å². The Labute approximate surface area is 418 Å². The van der Waals surface area contributed by atoms with Crippen LogP contribution in [0.15, 0.2) is 84.0 Å². The third-order valence-electron chi connectivity index (χ3n) is 15.4. The second-order valence-electron chi connectivity index (χ2n) is 20.1. The molecule has 378 valence electrons. The number of hydrogen-bond acceptors (Lipinski definition) is 12. The highest BCUT2D eigenvalue weighted by Gasteiger charge is 2.31. The lowest BCUT2D eigenvalue weighted by Crippen LogP contribution is -2.51. The fourth-order valence-electron chi connectivity index (χ4n) is 11.2. The largest absolute Gasteiger partial charge is 0.370 e. The fourth-order valence-corrected chi connectivity index (χ4v) is 11.2. The number of ether oxygens (including phenoxy) is 1. The highest BCUT2D eigenvalue weighted by Crippen LogP contribution is 2.29. The normalized spacial score (nSPS) is 19.5. The quantitative estimate of drug-likeness (QED) is 0.161. The van der Waals surface area contributed by atoms with Crippen molar-refractivity contribution in [2.24, 2.45) is 5.92 Å². The predicted molar refractivity (Wildman–Crippen MR) is 268 cm³/mol. The van der Waals surface area contributed by atoms with Gasteiger partial charge in [-0.3, -0.25) is 33.8 Å². The van der Waals surface area contributed by atoms with Gasteiger partial charge >= 0.3 is 0 Å². The number of rotatable bonds is 14. The maximum absolute atomic E-state index is 15.0. The number of H-pyrrole nitrogens is 1. The first-order valence-corrected chi connectivity index (χ1v) is 25.6. The van der Waals surface area contributed by atoms with Crippen molar-refractivity contribution in [1.82, 2.24) is 54.5 Å². The monoisotopic (exact) mass is 982 g/mol. The number of carbonyl (C=O) groups excluding carboxylic acids is 4. The van der Waals surface area contributed by atoms with Gasteiger partial charge in [-0.15, -0.1) is 0 Å². The lowest BCUT2D eigenvalue weighted by Gasteiger charge is -2.39. The van der Waals surface area contributed by atoms with E-state index < -0.39 is 11.7 Å². The molecule has 2 aromatic heterocycles. The van der Waals surface area contributed by atoms with E-state index in [0.29, 0.717) is 93.3 Å². The molecule has 4 amide bonds. The Kier molecular flexibility index (Phi) is 15.4. The zero-order valence-corrected chi connectivity index (χ0v) is 40.9. The lowest BCUT2D eigenvalue weighted by molar-refractivity contribution is -0.137. The summed E-state index contributed by atoms with van der Waals surface area (Å²) in [6.07, 6.45) is 7.84. The second-order valence-corrected chi connectivity index (χ2v) is 20.1. The van der Waals surface area contributed by atoms with Gasteiger partial charge in [-0.2, -0.15) is 5.10 Å². The standard InChI is InChI=1S/C54H64FN11O6/c55-47-11-10-39(28-48-44-8-1-2-9-45(44)52(69)59-58-48)27-46(47)54(71)65-23-21-63(22-24-65)51(68)36-72-26-25-60-15-12-38(13-16-60)31-61-17-19-64(20-18-61)53(70)41-6-3-5-40(29-41)42-7-4-14-66(33-42)50(67)35-62-32-43-30-56-37-57-49(43)34-62/h1-3,5-6,8-11,27,29-30,37-38,42H,4,7,12-26,28,31-36H2,(H,59,69)/t42-/m0/s1. The maximum atomic E-state index is 15.0. The molecule has 3 aromatic carbocycles. The number of aromatic nitrogens is 4. The lowest BCUT2D eigenvalue weighted by atomic mass is 9.89. The van der Waals surface area contributed by atoms with E-state index in [-0.39, 0.29) is 54.5 Å². The van der Waals surface area contributed by atoms with Crippen LogP contribution in [0.1, 0.15) is 80.4 Å². The Morgan fingerprint density at radius 2 is 1.49 bits per heavy atom. The zero-order valence-electron chi connectivity index (χ0n) is 40.9. The minimum atomic E-state index is -0.613. The van der Waals surface area contributed by atoms with Gasteiger partial charge in [0, 0.05) is 127 Å². The van der Waals surface area contributed by atoms with Crippen LogP contribution in [0.2, 0.25) is 0 Å². The third kappa shape index (κ3) is 11.6. The van der Waals surface area contributed by atoms with Gasteiger partial charge < -0.3 is 29.2 Å². The molecule has 0 radical (unpaired) electrons. The summed E-state index contributed by atoms with van der Waals surface area (Å²) in [5, 5.41) is 7.97. The number of nitrogens with zero attached hydrogens (tertiary/aromatic N) is 10. The molecule has 4 fully saturated rings. The fraction of sp³-hybridized carbons (Fsp3) is 0.481. The first-order valence-electron chi connectivity index (χ1n) is 25.6. The summed E-state index contributed by atoms with van der Waals surface area (Å²) < 4.78 is 20.9. The number of carbonyl (C=O) groups is 4. The molecule has 0 aliphatic carbocycles. The van der Waals surface area contributed by atoms with E-state index in [1.165, 1.54) is 6.07 Å². The van der Waals surface area contributed by atoms with Crippen molar-refractivity contribution in [2.45, 2.75) is 51.1 Å². The number of hydrogen-bond donors (Lipinski definition) is 1. The second kappa shape index (κ2) is 22.5. The Balaban J connectivity index is 0.597. The van der Waals surface area contributed by atoms with Crippen LogP contribution in [0.5, 0.6) is 0 Å². The molecule has 4 saturated heterocycles. The molecule has 7 heterocycles. The summed E-state index contributed by atoms with van der Waals surface area (Å²) in [5.74, 6) is -0.146. The number of fused-ring (bicyclic) bond motifs is 2. The van der Waals surface area contributed by atoms with Crippen LogP contribution in [0.4, 0.5) is 4.39 Å². The van der Waals surface area contributed by atoms with Crippen molar-refractivity contribution in [3.05, 3.63) is 135 Å². The summed E-state index contributed by atoms with van der Waals surface area (Å²) >= 11 is 0. The van der Waals surface area contributed by atoms with Gasteiger partial charge in [0.2, 0.25) is 11.8 Å². The van der Waals surface area contributed by atoms with Crippen LogP contribution in [-0.4, -0.2) is 189 Å². The van der Waals surface area contributed by atoms with E-state index in [1.54, 1.807) is 40.4 Å². The van der Waals surface area contributed by atoms with E-state index in [0.717, 1.165) is 93.9 Å². The van der Waals surface area contributed by atoms with Crippen molar-refractivity contribution >= 4 is 34.4 Å². The van der Waals surface area contributed by atoms with E-state index in [4.69, 9.17) is 4.74 Å². The van der Waals surface area contributed by atoms with Crippen LogP contribution < -0.4 is 5.56 Å². The van der Waals surface area contributed by atoms with Crippen LogP contribution in [0.25, 0.3) is 10.8 Å². The molecule has 72 heavy (non-hydrogen) atoms. The highest BCUT2D eigenvalue weighted by molar-refractivity contribution is 5.95. The minimum Gasteiger partial charge on any atom is -0.370 e. The zero-order chi connectivity index (χ0) is 49.6. The number of likely N-dealkylation sites (tertiary alicyclic amines) is 2. The molecule has 0 saturated carbocycles. The minimum absolute atomic E-state index is 0.0251. The summed E-state index contributed by atoms with van der Waals surface area (Å²) in [6.45, 7) is 11.7. The molecular formula is C54H64FN11O6. The first-order chi connectivity index (χ1) is 35.1. The number of nitrogens with one attached hydrogen (secondary N) is 1. The van der Waals surface area contributed by atoms with Crippen LogP contribution >= 0.6 is 0 Å². The van der Waals surface area contributed by atoms with Crippen molar-refractivity contribution in [1.29, 1.82) is 0 Å². The Bertz CT molecular complexity index is 2800. The van der Waals surface area contributed by atoms with Crippen LogP contribution in [-0.2, 0) is 33.8 Å². The molecule has 0 unspecified atom stereocenters. The maximum Gasteiger partial charge on any atom is 0.272 e. The number of benzene rings is 3. The number of piperazine rings is 2. The van der Waals surface area contributed by atoms with Gasteiger partial charge in [0.25, 0.3) is 17.4 Å². The molecule has 18 heteroatoms. The van der Waals surface area contributed by atoms with E-state index in [1.807, 2.05) is 40.3 Å². The predicted octanol–water partition coefficient (Wildman–Crippen LogP) is 3.64. The Morgan fingerprint density at radius 1 is 0.722 bits per heavy atom. The van der Waals surface area contributed by atoms with Crippen LogP contribution in [0.3, 0.4) is 0 Å². The summed E-state index contributed by atoms with van der Waals surface area (Å²) in [4.78, 5) is 88.8. The summed E-state index contributed by atoms with van der Waals surface area (Å²) in [6, 6.07) is 19.7. The molecule has 5 aliphatic heterocycles. The molecule has 0 spiro atoms. The molecule has 10 rings (SSSR count). The van der Waals surface area contributed by atoms with Crippen molar-refractivity contribution in [2.75, 3.05) is 111 Å².